The molecule has 0 radical (unpaired) electrons. The molecule has 0 saturated heterocycles. The molecule has 1 unspecified atom stereocenters. The number of hydrogen-bond donors (Lipinski definition) is 2. The lowest BCUT2D eigenvalue weighted by atomic mass is 10.2. The maximum Gasteiger partial charge on any atom is 0.253 e. The minimum atomic E-state index is -0.446. The second kappa shape index (κ2) is 6.22. The van der Waals surface area contributed by atoms with Crippen molar-refractivity contribution in [3.05, 3.63) is 54.3 Å². The van der Waals surface area contributed by atoms with E-state index in [1.54, 1.807) is 37.5 Å². The monoisotopic (exact) mass is 310 g/mol. The molecule has 3 heterocycles. The summed E-state index contributed by atoms with van der Waals surface area (Å²) < 4.78 is 5.20. The van der Waals surface area contributed by atoms with Gasteiger partial charge < -0.3 is 15.6 Å². The van der Waals surface area contributed by atoms with Gasteiger partial charge in [0.25, 0.3) is 5.91 Å². The molecule has 3 rings (SSSR count). The van der Waals surface area contributed by atoms with Crippen molar-refractivity contribution in [2.24, 2.45) is 0 Å². The Bertz CT molecular complexity index is 800. The summed E-state index contributed by atoms with van der Waals surface area (Å²) in [5.41, 5.74) is 6.64. The summed E-state index contributed by atoms with van der Waals surface area (Å²) in [5.74, 6) is 0.780. The fraction of sp³-hybridized carbons (Fsp3) is 0.133. The van der Waals surface area contributed by atoms with Crippen molar-refractivity contribution in [1.82, 2.24) is 25.4 Å². The lowest BCUT2D eigenvalue weighted by molar-refractivity contribution is 0.0932. The highest BCUT2D eigenvalue weighted by Crippen LogP contribution is 2.17. The van der Waals surface area contributed by atoms with Gasteiger partial charge in [0.2, 0.25) is 11.7 Å². The second-order valence-electron chi connectivity index (χ2n) is 4.86. The van der Waals surface area contributed by atoms with E-state index in [0.29, 0.717) is 23.1 Å². The normalized spacial score (nSPS) is 11.9. The number of hydrogen-bond acceptors (Lipinski definition) is 7. The van der Waals surface area contributed by atoms with Crippen molar-refractivity contribution >= 4 is 11.7 Å². The van der Waals surface area contributed by atoms with Crippen molar-refractivity contribution in [2.45, 2.75) is 13.0 Å². The first kappa shape index (κ1) is 14.6. The first-order valence-electron chi connectivity index (χ1n) is 6.90. The highest BCUT2D eigenvalue weighted by Gasteiger charge is 2.18. The van der Waals surface area contributed by atoms with Gasteiger partial charge in [0, 0.05) is 24.2 Å². The third kappa shape index (κ3) is 3.31. The van der Waals surface area contributed by atoms with E-state index in [0.717, 1.165) is 5.56 Å². The molecule has 3 aromatic rings. The number of anilines is 1. The van der Waals surface area contributed by atoms with Crippen LogP contribution in [0.4, 0.5) is 5.82 Å². The molecular formula is C15H14N6O2. The minimum Gasteiger partial charge on any atom is -0.384 e. The Balaban J connectivity index is 1.71. The van der Waals surface area contributed by atoms with Gasteiger partial charge in [0.05, 0.1) is 5.56 Å². The lowest BCUT2D eigenvalue weighted by Gasteiger charge is -2.09. The van der Waals surface area contributed by atoms with Gasteiger partial charge in [0.15, 0.2) is 0 Å². The highest BCUT2D eigenvalue weighted by atomic mass is 16.5. The van der Waals surface area contributed by atoms with E-state index in [4.69, 9.17) is 10.3 Å². The third-order valence-corrected chi connectivity index (χ3v) is 3.13. The van der Waals surface area contributed by atoms with Crippen LogP contribution in [0, 0.1) is 0 Å². The summed E-state index contributed by atoms with van der Waals surface area (Å²) in [6, 6.07) is 6.32. The molecular weight excluding hydrogens is 296 g/mol. The summed E-state index contributed by atoms with van der Waals surface area (Å²) in [4.78, 5) is 24.3. The van der Waals surface area contributed by atoms with Gasteiger partial charge in [-0.2, -0.15) is 4.98 Å². The maximum atomic E-state index is 12.1. The zero-order valence-electron chi connectivity index (χ0n) is 12.3. The van der Waals surface area contributed by atoms with Gasteiger partial charge in [-0.25, -0.2) is 4.98 Å². The molecule has 0 aliphatic carbocycles. The van der Waals surface area contributed by atoms with E-state index < -0.39 is 6.04 Å². The average Bonchev–Trinajstić information content (AvgIpc) is 3.06. The predicted molar refractivity (Wildman–Crippen MR) is 82.1 cm³/mol. The number of aromatic nitrogens is 4. The first-order valence-corrected chi connectivity index (χ1v) is 6.90. The molecule has 8 nitrogen and oxygen atoms in total. The predicted octanol–water partition coefficient (Wildman–Crippen LogP) is 1.60. The van der Waals surface area contributed by atoms with Crippen LogP contribution in [0.15, 0.2) is 47.4 Å². The van der Waals surface area contributed by atoms with Crippen molar-refractivity contribution in [2.75, 3.05) is 5.73 Å². The Kier molecular flexibility index (Phi) is 3.96. The second-order valence-corrected chi connectivity index (χ2v) is 4.86. The van der Waals surface area contributed by atoms with Gasteiger partial charge in [-0.15, -0.1) is 0 Å². The molecule has 0 aliphatic heterocycles. The summed E-state index contributed by atoms with van der Waals surface area (Å²) in [6.07, 6.45) is 4.71. The zero-order valence-corrected chi connectivity index (χ0v) is 12.3. The Labute approximate surface area is 131 Å². The fourth-order valence-electron chi connectivity index (χ4n) is 1.90. The van der Waals surface area contributed by atoms with Crippen LogP contribution in [0.1, 0.15) is 29.2 Å². The van der Waals surface area contributed by atoms with E-state index >= 15 is 0 Å². The van der Waals surface area contributed by atoms with Crippen LogP contribution in [-0.2, 0) is 0 Å². The van der Waals surface area contributed by atoms with Gasteiger partial charge in [-0.05, 0) is 31.2 Å². The third-order valence-electron chi connectivity index (χ3n) is 3.13. The van der Waals surface area contributed by atoms with Crippen LogP contribution in [0.3, 0.4) is 0 Å². The zero-order chi connectivity index (χ0) is 16.2. The van der Waals surface area contributed by atoms with E-state index in [2.05, 4.69) is 25.4 Å². The summed E-state index contributed by atoms with van der Waals surface area (Å²) in [6.45, 7) is 1.75. The molecule has 23 heavy (non-hydrogen) atoms. The summed E-state index contributed by atoms with van der Waals surface area (Å²) in [7, 11) is 0. The number of carbonyl (C=O) groups excluding carboxylic acids is 1. The molecule has 3 N–H and O–H groups in total. The number of nitrogen functional groups attached to an aromatic ring is 1. The molecule has 116 valence electrons. The Morgan fingerprint density at radius 1 is 1.30 bits per heavy atom. The minimum absolute atomic E-state index is 0.300. The largest absolute Gasteiger partial charge is 0.384 e. The number of amides is 1. The Morgan fingerprint density at radius 3 is 2.87 bits per heavy atom. The fourth-order valence-corrected chi connectivity index (χ4v) is 1.90. The Hall–Kier alpha value is -3.29. The van der Waals surface area contributed by atoms with Crippen LogP contribution in [-0.4, -0.2) is 26.0 Å². The molecule has 0 aliphatic rings. The molecule has 0 fully saturated rings. The number of nitrogens with one attached hydrogen (secondary N) is 1. The lowest BCUT2D eigenvalue weighted by Crippen LogP contribution is -2.27. The SMILES string of the molecule is CC(NC(=O)c1ccc(N)nc1)c1nc(-c2cccnc2)no1. The van der Waals surface area contributed by atoms with E-state index in [1.807, 2.05) is 6.07 Å². The van der Waals surface area contributed by atoms with Crippen LogP contribution in [0.2, 0.25) is 0 Å². The molecule has 0 aromatic carbocycles. The number of nitrogens with zero attached hydrogens (tertiary/aromatic N) is 4. The molecule has 0 spiro atoms. The van der Waals surface area contributed by atoms with Crippen molar-refractivity contribution < 1.29 is 9.32 Å². The molecule has 1 atom stereocenters. The van der Waals surface area contributed by atoms with Crippen molar-refractivity contribution in [3.63, 3.8) is 0 Å². The van der Waals surface area contributed by atoms with E-state index in [1.165, 1.54) is 6.20 Å². The Morgan fingerprint density at radius 2 is 2.17 bits per heavy atom. The van der Waals surface area contributed by atoms with Gasteiger partial charge in [-0.1, -0.05) is 5.16 Å². The van der Waals surface area contributed by atoms with Crippen LogP contribution >= 0.6 is 0 Å². The van der Waals surface area contributed by atoms with E-state index in [9.17, 15) is 4.79 Å². The summed E-state index contributed by atoms with van der Waals surface area (Å²) in [5, 5.41) is 6.66. The average molecular weight is 310 g/mol. The molecule has 8 heteroatoms. The maximum absolute atomic E-state index is 12.1. The van der Waals surface area contributed by atoms with Crippen molar-refractivity contribution in [3.8, 4) is 11.4 Å². The molecule has 1 amide bonds. The number of rotatable bonds is 4. The summed E-state index contributed by atoms with van der Waals surface area (Å²) >= 11 is 0. The molecule has 3 aromatic heterocycles. The molecule has 0 saturated carbocycles. The topological polar surface area (TPSA) is 120 Å². The van der Waals surface area contributed by atoms with Gasteiger partial charge in [-0.3, -0.25) is 9.78 Å². The quantitative estimate of drug-likeness (QED) is 0.750. The highest BCUT2D eigenvalue weighted by molar-refractivity contribution is 5.94. The number of pyridine rings is 2. The standard InChI is InChI=1S/C15H14N6O2/c1-9(19-14(22)11-4-5-12(16)18-8-11)15-20-13(21-23-15)10-3-2-6-17-7-10/h2-9H,1H3,(H2,16,18)(H,19,22). The first-order chi connectivity index (χ1) is 11.1. The van der Waals surface area contributed by atoms with Crippen LogP contribution < -0.4 is 11.1 Å². The van der Waals surface area contributed by atoms with Gasteiger partial charge in [0.1, 0.15) is 11.9 Å². The number of carbonyl (C=O) groups is 1. The van der Waals surface area contributed by atoms with Crippen LogP contribution in [0.5, 0.6) is 0 Å². The molecule has 0 bridgehead atoms. The van der Waals surface area contributed by atoms with Crippen LogP contribution in [0.25, 0.3) is 11.4 Å². The van der Waals surface area contributed by atoms with Crippen molar-refractivity contribution in [1.29, 1.82) is 0 Å². The smallest absolute Gasteiger partial charge is 0.253 e. The number of nitrogens with two attached hydrogens (primary N) is 1. The van der Waals surface area contributed by atoms with Gasteiger partial charge >= 0.3 is 0 Å². The van der Waals surface area contributed by atoms with E-state index in [-0.39, 0.29) is 5.91 Å².